The molecule has 0 aliphatic rings. The Balaban J connectivity index is 2.00. The van der Waals surface area contributed by atoms with Gasteiger partial charge < -0.3 is 5.32 Å². The number of halogens is 4. The molecule has 1 amide bonds. The minimum atomic E-state index is -4.61. The summed E-state index contributed by atoms with van der Waals surface area (Å²) in [5, 5.41) is 2.82. The number of hydrogen-bond donors (Lipinski definition) is 1. The Labute approximate surface area is 232 Å². The maximum atomic E-state index is 13.7. The Kier molecular flexibility index (Phi) is 8.02. The van der Waals surface area contributed by atoms with Gasteiger partial charge in [-0.25, -0.2) is 8.42 Å². The lowest BCUT2D eigenvalue weighted by Crippen LogP contribution is -2.08. The van der Waals surface area contributed by atoms with Crippen LogP contribution in [0.15, 0.2) is 77.7 Å². The molecule has 0 atom stereocenters. The molecule has 0 aliphatic carbocycles. The summed E-state index contributed by atoms with van der Waals surface area (Å²) in [4.78, 5) is 26.0. The first-order valence-corrected chi connectivity index (χ1v) is 14.4. The Morgan fingerprint density at radius 2 is 1.67 bits per heavy atom. The Morgan fingerprint density at radius 1 is 0.949 bits per heavy atom. The fraction of sp³-hybridized carbons (Fsp3) is 0.143. The van der Waals surface area contributed by atoms with Crippen LogP contribution in [0.4, 0.5) is 18.9 Å². The third kappa shape index (κ3) is 6.08. The van der Waals surface area contributed by atoms with Gasteiger partial charge in [0.05, 0.1) is 26.1 Å². The van der Waals surface area contributed by atoms with Gasteiger partial charge in [0.1, 0.15) is 0 Å². The molecule has 0 unspecified atom stereocenters. The standard InChI is InChI=1S/C28H21ClF3NO4S2/c1-3-39(36,37)19-11-12-24(33-16(2)34)22(14-19)25-15-21(17-7-6-8-18(13-17)28(30,31)32)27(38-25)26(35)20-9-4-5-10-23(20)29/h4-15H,3H2,1-2H3,(H,33,34). The van der Waals surface area contributed by atoms with Crippen molar-refractivity contribution in [3.05, 3.63) is 93.8 Å². The molecule has 5 nitrogen and oxygen atoms in total. The predicted octanol–water partition coefficient (Wildman–Crippen LogP) is 7.74. The van der Waals surface area contributed by atoms with Crippen molar-refractivity contribution in [2.45, 2.75) is 24.9 Å². The van der Waals surface area contributed by atoms with Crippen LogP contribution in [0, 0.1) is 0 Å². The average Bonchev–Trinajstić information content (AvgIpc) is 3.33. The molecular formula is C28H21ClF3NO4S2. The molecule has 0 radical (unpaired) electrons. The van der Waals surface area contributed by atoms with Gasteiger partial charge >= 0.3 is 6.18 Å². The van der Waals surface area contributed by atoms with E-state index < -0.39 is 33.3 Å². The molecule has 0 bridgehead atoms. The number of carbonyl (C=O) groups excluding carboxylic acids is 2. The minimum Gasteiger partial charge on any atom is -0.326 e. The summed E-state index contributed by atoms with van der Waals surface area (Å²) in [5.74, 6) is -1.09. The number of sulfone groups is 1. The van der Waals surface area contributed by atoms with E-state index in [0.717, 1.165) is 23.5 Å². The van der Waals surface area contributed by atoms with Gasteiger partial charge in [0.25, 0.3) is 0 Å². The molecule has 4 aromatic rings. The summed E-state index contributed by atoms with van der Waals surface area (Å²) in [7, 11) is -3.63. The van der Waals surface area contributed by atoms with Crippen LogP contribution in [0.25, 0.3) is 21.6 Å². The van der Waals surface area contributed by atoms with E-state index in [1.54, 1.807) is 12.1 Å². The maximum absolute atomic E-state index is 13.7. The van der Waals surface area contributed by atoms with Gasteiger partial charge in [-0.1, -0.05) is 42.8 Å². The number of hydrogen-bond acceptors (Lipinski definition) is 5. The molecule has 0 saturated carbocycles. The van der Waals surface area contributed by atoms with Crippen LogP contribution < -0.4 is 5.32 Å². The van der Waals surface area contributed by atoms with Crippen molar-refractivity contribution in [1.29, 1.82) is 0 Å². The molecule has 1 aromatic heterocycles. The first-order chi connectivity index (χ1) is 18.3. The second kappa shape index (κ2) is 11.0. The average molecular weight is 592 g/mol. The van der Waals surface area contributed by atoms with Crippen LogP contribution in [0.1, 0.15) is 34.6 Å². The van der Waals surface area contributed by atoms with E-state index in [0.29, 0.717) is 10.4 Å². The van der Waals surface area contributed by atoms with Gasteiger partial charge in [-0.05, 0) is 54.1 Å². The molecule has 0 fully saturated rings. The number of thiophene rings is 1. The zero-order chi connectivity index (χ0) is 28.5. The zero-order valence-electron chi connectivity index (χ0n) is 20.6. The third-order valence-electron chi connectivity index (χ3n) is 5.86. The van der Waals surface area contributed by atoms with Crippen molar-refractivity contribution in [2.24, 2.45) is 0 Å². The second-order valence-electron chi connectivity index (χ2n) is 8.53. The Bertz CT molecular complexity index is 1700. The molecule has 4 rings (SSSR count). The fourth-order valence-electron chi connectivity index (χ4n) is 3.92. The van der Waals surface area contributed by atoms with E-state index in [2.05, 4.69) is 5.32 Å². The number of amides is 1. The summed E-state index contributed by atoms with van der Waals surface area (Å²) in [5.41, 5.74) is 0.205. The van der Waals surface area contributed by atoms with Crippen LogP contribution in [-0.2, 0) is 20.8 Å². The SMILES string of the molecule is CCS(=O)(=O)c1ccc(NC(C)=O)c(-c2cc(-c3cccc(C(F)(F)F)c3)c(C(=O)c3ccccc3Cl)s2)c1. The normalized spacial score (nSPS) is 11.8. The highest BCUT2D eigenvalue weighted by Crippen LogP contribution is 2.43. The van der Waals surface area contributed by atoms with E-state index in [4.69, 9.17) is 11.6 Å². The molecule has 3 aromatic carbocycles. The largest absolute Gasteiger partial charge is 0.416 e. The number of nitrogens with one attached hydrogen (secondary N) is 1. The number of benzene rings is 3. The van der Waals surface area contributed by atoms with Crippen LogP contribution in [-0.4, -0.2) is 25.9 Å². The topological polar surface area (TPSA) is 80.3 Å². The van der Waals surface area contributed by atoms with E-state index in [1.165, 1.54) is 62.4 Å². The van der Waals surface area contributed by atoms with Crippen LogP contribution in [0.2, 0.25) is 5.02 Å². The Morgan fingerprint density at radius 3 is 2.31 bits per heavy atom. The number of ketones is 1. The number of anilines is 1. The van der Waals surface area contributed by atoms with Crippen molar-refractivity contribution < 1.29 is 31.2 Å². The van der Waals surface area contributed by atoms with Gasteiger partial charge in [-0.2, -0.15) is 13.2 Å². The smallest absolute Gasteiger partial charge is 0.326 e. The van der Waals surface area contributed by atoms with E-state index in [1.807, 2.05) is 0 Å². The van der Waals surface area contributed by atoms with Gasteiger partial charge in [0.2, 0.25) is 11.7 Å². The quantitative estimate of drug-likeness (QED) is 0.223. The number of rotatable bonds is 7. The molecule has 1 heterocycles. The van der Waals surface area contributed by atoms with Gasteiger partial charge in [-0.15, -0.1) is 11.3 Å². The first-order valence-electron chi connectivity index (χ1n) is 11.6. The fourth-order valence-corrected chi connectivity index (χ4v) is 6.22. The molecule has 0 saturated heterocycles. The first kappa shape index (κ1) is 28.5. The summed E-state index contributed by atoms with van der Waals surface area (Å²) in [6, 6.07) is 16.6. The maximum Gasteiger partial charge on any atom is 0.416 e. The van der Waals surface area contributed by atoms with Gasteiger partial charge in [0, 0.05) is 34.2 Å². The second-order valence-corrected chi connectivity index (χ2v) is 12.3. The molecule has 0 aliphatic heterocycles. The van der Waals surface area contributed by atoms with E-state index >= 15 is 0 Å². The highest BCUT2D eigenvalue weighted by atomic mass is 35.5. The molecule has 0 spiro atoms. The summed E-state index contributed by atoms with van der Waals surface area (Å²) >= 11 is 7.23. The van der Waals surface area contributed by atoms with Crippen molar-refractivity contribution >= 4 is 50.2 Å². The van der Waals surface area contributed by atoms with Gasteiger partial charge in [0.15, 0.2) is 9.84 Å². The molecule has 1 N–H and O–H groups in total. The highest BCUT2D eigenvalue weighted by molar-refractivity contribution is 7.91. The number of carbonyl (C=O) groups is 2. The van der Waals surface area contributed by atoms with E-state index in [-0.39, 0.29) is 42.9 Å². The van der Waals surface area contributed by atoms with Gasteiger partial charge in [-0.3, -0.25) is 9.59 Å². The third-order valence-corrected chi connectivity index (χ3v) is 9.09. The zero-order valence-corrected chi connectivity index (χ0v) is 23.0. The summed E-state index contributed by atoms with van der Waals surface area (Å²) in [6.45, 7) is 2.78. The Hall–Kier alpha value is -3.47. The van der Waals surface area contributed by atoms with Crippen LogP contribution in [0.5, 0.6) is 0 Å². The van der Waals surface area contributed by atoms with Crippen molar-refractivity contribution in [3.8, 4) is 21.6 Å². The van der Waals surface area contributed by atoms with Crippen LogP contribution >= 0.6 is 22.9 Å². The minimum absolute atomic E-state index is 0.00195. The van der Waals surface area contributed by atoms with Crippen molar-refractivity contribution in [1.82, 2.24) is 0 Å². The van der Waals surface area contributed by atoms with Crippen molar-refractivity contribution in [3.63, 3.8) is 0 Å². The predicted molar refractivity (Wildman–Crippen MR) is 147 cm³/mol. The molecule has 39 heavy (non-hydrogen) atoms. The molecule has 202 valence electrons. The van der Waals surface area contributed by atoms with Crippen molar-refractivity contribution in [2.75, 3.05) is 11.1 Å². The lowest BCUT2D eigenvalue weighted by atomic mass is 9.98. The summed E-state index contributed by atoms with van der Waals surface area (Å²) < 4.78 is 65.8. The highest BCUT2D eigenvalue weighted by Gasteiger charge is 2.31. The monoisotopic (exact) mass is 591 g/mol. The van der Waals surface area contributed by atoms with E-state index in [9.17, 15) is 31.2 Å². The summed E-state index contributed by atoms with van der Waals surface area (Å²) in [6.07, 6.45) is -4.61. The lowest BCUT2D eigenvalue weighted by Gasteiger charge is -2.11. The number of alkyl halides is 3. The molecular weight excluding hydrogens is 571 g/mol. The molecule has 11 heteroatoms. The van der Waals surface area contributed by atoms with Crippen LogP contribution in [0.3, 0.4) is 0 Å². The lowest BCUT2D eigenvalue weighted by molar-refractivity contribution is -0.137.